The molecule has 0 saturated heterocycles. The smallest absolute Gasteiger partial charge is 0.160 e. The lowest BCUT2D eigenvalue weighted by atomic mass is 10.0. The molecule has 118 valence electrons. The van der Waals surface area contributed by atoms with Crippen molar-refractivity contribution >= 4 is 0 Å². The zero-order valence-electron chi connectivity index (χ0n) is 13.7. The van der Waals surface area contributed by atoms with E-state index >= 15 is 0 Å². The second-order valence-corrected chi connectivity index (χ2v) is 5.59. The lowest BCUT2D eigenvalue weighted by Crippen LogP contribution is -1.93. The van der Waals surface area contributed by atoms with E-state index in [-0.39, 0.29) is 0 Å². The average Bonchev–Trinajstić information content (AvgIpc) is 2.58. The van der Waals surface area contributed by atoms with Crippen LogP contribution in [0.15, 0.2) is 48.5 Å². The SMILES string of the molecule is COc1ccc(CCCCCCc2ccccc2)cc1OC. The number of ether oxygens (including phenoxy) is 2. The normalized spacial score (nSPS) is 10.5. The predicted molar refractivity (Wildman–Crippen MR) is 91.9 cm³/mol. The summed E-state index contributed by atoms with van der Waals surface area (Å²) in [6.07, 6.45) is 7.37. The van der Waals surface area contributed by atoms with Crippen molar-refractivity contribution in [2.24, 2.45) is 0 Å². The Hall–Kier alpha value is -1.96. The zero-order chi connectivity index (χ0) is 15.6. The van der Waals surface area contributed by atoms with Crippen molar-refractivity contribution in [3.63, 3.8) is 0 Å². The Kier molecular flexibility index (Phi) is 6.82. The fourth-order valence-corrected chi connectivity index (χ4v) is 2.69. The van der Waals surface area contributed by atoms with Crippen LogP contribution in [0, 0.1) is 0 Å². The summed E-state index contributed by atoms with van der Waals surface area (Å²) in [6.45, 7) is 0. The molecular weight excluding hydrogens is 272 g/mol. The van der Waals surface area contributed by atoms with Gasteiger partial charge in [-0.3, -0.25) is 0 Å². The molecule has 0 spiro atoms. The van der Waals surface area contributed by atoms with Gasteiger partial charge in [0.05, 0.1) is 14.2 Å². The fraction of sp³-hybridized carbons (Fsp3) is 0.400. The van der Waals surface area contributed by atoms with Crippen molar-refractivity contribution in [1.82, 2.24) is 0 Å². The van der Waals surface area contributed by atoms with Gasteiger partial charge < -0.3 is 9.47 Å². The maximum Gasteiger partial charge on any atom is 0.160 e. The third kappa shape index (κ3) is 5.10. The number of hydrogen-bond donors (Lipinski definition) is 0. The van der Waals surface area contributed by atoms with Gasteiger partial charge >= 0.3 is 0 Å². The lowest BCUT2D eigenvalue weighted by Gasteiger charge is -2.09. The summed E-state index contributed by atoms with van der Waals surface area (Å²) in [5, 5.41) is 0. The molecule has 0 aliphatic rings. The average molecular weight is 298 g/mol. The standard InChI is InChI=1S/C20H26O2/c1-21-19-15-14-18(16-20(19)22-2)13-7-4-3-6-10-17-11-8-5-9-12-17/h5,8-9,11-12,14-16H,3-4,6-7,10,13H2,1-2H3. The Morgan fingerprint density at radius 2 is 1.27 bits per heavy atom. The molecular formula is C20H26O2. The Morgan fingerprint density at radius 1 is 0.636 bits per heavy atom. The van der Waals surface area contributed by atoms with Gasteiger partial charge in [-0.1, -0.05) is 49.2 Å². The minimum atomic E-state index is 0.800. The molecule has 0 N–H and O–H groups in total. The second-order valence-electron chi connectivity index (χ2n) is 5.59. The van der Waals surface area contributed by atoms with Gasteiger partial charge in [-0.2, -0.15) is 0 Å². The van der Waals surface area contributed by atoms with Gasteiger partial charge in [0.25, 0.3) is 0 Å². The highest BCUT2D eigenvalue weighted by Crippen LogP contribution is 2.28. The molecule has 0 radical (unpaired) electrons. The molecule has 0 saturated carbocycles. The molecule has 0 aromatic heterocycles. The van der Waals surface area contributed by atoms with E-state index in [1.54, 1.807) is 14.2 Å². The highest BCUT2D eigenvalue weighted by atomic mass is 16.5. The van der Waals surface area contributed by atoms with E-state index in [2.05, 4.69) is 42.5 Å². The highest BCUT2D eigenvalue weighted by Gasteiger charge is 2.04. The Bertz CT molecular complexity index is 549. The van der Waals surface area contributed by atoms with Gasteiger partial charge in [-0.15, -0.1) is 0 Å². The van der Waals surface area contributed by atoms with Crippen LogP contribution in [-0.4, -0.2) is 14.2 Å². The van der Waals surface area contributed by atoms with Crippen LogP contribution in [0.25, 0.3) is 0 Å². The lowest BCUT2D eigenvalue weighted by molar-refractivity contribution is 0.354. The second kappa shape index (κ2) is 9.14. The van der Waals surface area contributed by atoms with Crippen molar-refractivity contribution < 1.29 is 9.47 Å². The van der Waals surface area contributed by atoms with E-state index in [0.29, 0.717) is 0 Å². The van der Waals surface area contributed by atoms with E-state index in [9.17, 15) is 0 Å². The minimum Gasteiger partial charge on any atom is -0.493 e. The topological polar surface area (TPSA) is 18.5 Å². The molecule has 0 bridgehead atoms. The summed E-state index contributed by atoms with van der Waals surface area (Å²) < 4.78 is 10.6. The van der Waals surface area contributed by atoms with Crippen molar-refractivity contribution in [2.45, 2.75) is 38.5 Å². The van der Waals surface area contributed by atoms with Crippen molar-refractivity contribution in [3.05, 3.63) is 59.7 Å². The minimum absolute atomic E-state index is 0.800. The molecule has 2 nitrogen and oxygen atoms in total. The van der Waals surface area contributed by atoms with Gasteiger partial charge in [-0.25, -0.2) is 0 Å². The summed E-state index contributed by atoms with van der Waals surface area (Å²) in [4.78, 5) is 0. The van der Waals surface area contributed by atoms with Crippen molar-refractivity contribution in [3.8, 4) is 11.5 Å². The number of aryl methyl sites for hydroxylation is 2. The van der Waals surface area contributed by atoms with E-state index in [1.165, 1.54) is 43.2 Å². The van der Waals surface area contributed by atoms with E-state index in [4.69, 9.17) is 9.47 Å². The third-order valence-corrected chi connectivity index (χ3v) is 3.97. The Morgan fingerprint density at radius 3 is 1.91 bits per heavy atom. The number of hydrogen-bond acceptors (Lipinski definition) is 2. The van der Waals surface area contributed by atoms with Crippen LogP contribution in [0.5, 0.6) is 11.5 Å². The number of benzene rings is 2. The fourth-order valence-electron chi connectivity index (χ4n) is 2.69. The maximum atomic E-state index is 5.35. The first-order chi connectivity index (χ1) is 10.8. The predicted octanol–water partition coefficient (Wildman–Crippen LogP) is 5.05. The van der Waals surface area contributed by atoms with Gasteiger partial charge in [0, 0.05) is 0 Å². The zero-order valence-corrected chi connectivity index (χ0v) is 13.7. The summed E-state index contributed by atoms with van der Waals surface area (Å²) in [5.74, 6) is 1.62. The van der Waals surface area contributed by atoms with Crippen LogP contribution in [0.2, 0.25) is 0 Å². The summed E-state index contributed by atoms with van der Waals surface area (Å²) in [7, 11) is 3.36. The molecule has 0 unspecified atom stereocenters. The highest BCUT2D eigenvalue weighted by molar-refractivity contribution is 5.42. The van der Waals surface area contributed by atoms with Crippen LogP contribution in [0.1, 0.15) is 36.8 Å². The molecule has 2 heteroatoms. The van der Waals surface area contributed by atoms with Crippen LogP contribution < -0.4 is 9.47 Å². The van der Waals surface area contributed by atoms with Gasteiger partial charge in [0.1, 0.15) is 0 Å². The Labute approximate surface area is 134 Å². The van der Waals surface area contributed by atoms with Crippen molar-refractivity contribution in [1.29, 1.82) is 0 Å². The largest absolute Gasteiger partial charge is 0.493 e. The number of unbranched alkanes of at least 4 members (excludes halogenated alkanes) is 3. The van der Waals surface area contributed by atoms with Gasteiger partial charge in [0.15, 0.2) is 11.5 Å². The van der Waals surface area contributed by atoms with E-state index in [1.807, 2.05) is 6.07 Å². The molecule has 2 aromatic rings. The van der Waals surface area contributed by atoms with Crippen molar-refractivity contribution in [2.75, 3.05) is 14.2 Å². The molecule has 0 aliphatic carbocycles. The molecule has 2 rings (SSSR count). The first-order valence-corrected chi connectivity index (χ1v) is 8.08. The quantitative estimate of drug-likeness (QED) is 0.603. The molecule has 0 heterocycles. The van der Waals surface area contributed by atoms with Crippen LogP contribution in [-0.2, 0) is 12.8 Å². The van der Waals surface area contributed by atoms with Crippen LogP contribution >= 0.6 is 0 Å². The van der Waals surface area contributed by atoms with Crippen LogP contribution in [0.3, 0.4) is 0 Å². The monoisotopic (exact) mass is 298 g/mol. The molecule has 0 atom stereocenters. The van der Waals surface area contributed by atoms with E-state index < -0.39 is 0 Å². The molecule has 22 heavy (non-hydrogen) atoms. The first kappa shape index (κ1) is 16.4. The summed E-state index contributed by atoms with van der Waals surface area (Å²) >= 11 is 0. The third-order valence-electron chi connectivity index (χ3n) is 3.97. The van der Waals surface area contributed by atoms with Gasteiger partial charge in [0.2, 0.25) is 0 Å². The number of methoxy groups -OCH3 is 2. The first-order valence-electron chi connectivity index (χ1n) is 8.08. The number of rotatable bonds is 9. The molecule has 0 aliphatic heterocycles. The molecule has 0 fully saturated rings. The summed E-state index contributed by atoms with van der Waals surface area (Å²) in [6, 6.07) is 16.9. The molecule has 0 amide bonds. The summed E-state index contributed by atoms with van der Waals surface area (Å²) in [5.41, 5.74) is 2.77. The van der Waals surface area contributed by atoms with Crippen LogP contribution in [0.4, 0.5) is 0 Å². The van der Waals surface area contributed by atoms with Gasteiger partial charge in [-0.05, 0) is 48.9 Å². The van der Waals surface area contributed by atoms with E-state index in [0.717, 1.165) is 17.9 Å². The Balaban J connectivity index is 1.66. The maximum absolute atomic E-state index is 5.35. The molecule has 2 aromatic carbocycles.